The first-order valence-electron chi connectivity index (χ1n) is 9.08. The van der Waals surface area contributed by atoms with Crippen LogP contribution in [-0.4, -0.2) is 61.3 Å². The van der Waals surface area contributed by atoms with Gasteiger partial charge in [0.05, 0.1) is 27.8 Å². The lowest BCUT2D eigenvalue weighted by Gasteiger charge is -2.32. The van der Waals surface area contributed by atoms with Gasteiger partial charge in [-0.2, -0.15) is 4.36 Å². The first-order chi connectivity index (χ1) is 13.7. The van der Waals surface area contributed by atoms with E-state index in [4.69, 9.17) is 0 Å². The molecule has 0 spiro atoms. The summed E-state index contributed by atoms with van der Waals surface area (Å²) in [6.45, 7) is 0.678. The van der Waals surface area contributed by atoms with Crippen molar-refractivity contribution in [1.82, 2.24) is 14.5 Å². The normalized spacial score (nSPS) is 17.0. The highest BCUT2D eigenvalue weighted by Crippen LogP contribution is 2.27. The number of aromatic nitrogens is 2. The fourth-order valence-electron chi connectivity index (χ4n) is 3.39. The minimum atomic E-state index is -2.79. The Morgan fingerprint density at radius 1 is 1.31 bits per heavy atom. The highest BCUT2D eigenvalue weighted by Gasteiger charge is 2.31. The zero-order valence-corrected chi connectivity index (χ0v) is 18.1. The van der Waals surface area contributed by atoms with Gasteiger partial charge in [0.1, 0.15) is 11.5 Å². The fraction of sp³-hybridized carbons (Fsp3) is 0.421. The number of piperidine rings is 1. The van der Waals surface area contributed by atoms with Crippen LogP contribution in [0.1, 0.15) is 33.7 Å². The number of hydrogen-bond acceptors (Lipinski definition) is 5. The molecular weight excluding hydrogens is 415 g/mol. The molecule has 2 heterocycles. The van der Waals surface area contributed by atoms with Crippen LogP contribution in [0.15, 0.2) is 40.0 Å². The van der Waals surface area contributed by atoms with Gasteiger partial charge in [0.25, 0.3) is 5.91 Å². The summed E-state index contributed by atoms with van der Waals surface area (Å²) in [5, 5.41) is -0.315. The Morgan fingerprint density at radius 3 is 2.59 bits per heavy atom. The van der Waals surface area contributed by atoms with Gasteiger partial charge < -0.3 is 9.47 Å². The van der Waals surface area contributed by atoms with Crippen molar-refractivity contribution in [1.29, 1.82) is 0 Å². The molecule has 2 amide bonds. The fourth-order valence-corrected chi connectivity index (χ4v) is 5.65. The molecule has 1 aromatic heterocycles. The van der Waals surface area contributed by atoms with E-state index in [1.165, 1.54) is 41.2 Å². The van der Waals surface area contributed by atoms with E-state index in [1.807, 2.05) is 0 Å². The standard InChI is InChI=1S/C19H23FN4O3S2/c1-23-12-21-11-15(23)18(25)22-29(3,27)13-7-9-24(10-8-13)19(26)17-14(20)5-4-6-16(17)28-2/h4-6,11-13H,7-10H2,1-3H3. The molecule has 0 N–H and O–H groups in total. The van der Waals surface area contributed by atoms with E-state index in [0.717, 1.165) is 0 Å². The second kappa shape index (κ2) is 8.66. The lowest BCUT2D eigenvalue weighted by Crippen LogP contribution is -2.42. The third-order valence-electron chi connectivity index (χ3n) is 5.06. The van der Waals surface area contributed by atoms with Crippen LogP contribution in [0, 0.1) is 5.82 Å². The van der Waals surface area contributed by atoms with E-state index >= 15 is 0 Å². The Morgan fingerprint density at radius 2 is 2.00 bits per heavy atom. The number of amides is 2. The van der Waals surface area contributed by atoms with Crippen LogP contribution in [0.4, 0.5) is 4.39 Å². The minimum Gasteiger partial charge on any atom is -0.338 e. The van der Waals surface area contributed by atoms with Gasteiger partial charge in [0, 0.05) is 36.5 Å². The maximum absolute atomic E-state index is 14.3. The third-order valence-corrected chi connectivity index (χ3v) is 8.07. The number of halogens is 1. The Bertz CT molecular complexity index is 1050. The second-order valence-electron chi connectivity index (χ2n) is 6.96. The van der Waals surface area contributed by atoms with Crippen molar-refractivity contribution >= 4 is 33.3 Å². The molecule has 1 atom stereocenters. The quantitative estimate of drug-likeness (QED) is 0.686. The third kappa shape index (κ3) is 4.53. The zero-order chi connectivity index (χ0) is 21.2. The van der Waals surface area contributed by atoms with Gasteiger partial charge in [-0.05, 0) is 31.2 Å². The number of carbonyl (C=O) groups excluding carboxylic acids is 2. The van der Waals surface area contributed by atoms with E-state index in [0.29, 0.717) is 30.8 Å². The molecule has 1 aromatic carbocycles. The van der Waals surface area contributed by atoms with Gasteiger partial charge in [-0.15, -0.1) is 11.8 Å². The van der Waals surface area contributed by atoms with Crippen molar-refractivity contribution in [3.05, 3.63) is 47.8 Å². The summed E-state index contributed by atoms with van der Waals surface area (Å²) in [4.78, 5) is 31.2. The Balaban J connectivity index is 1.73. The largest absolute Gasteiger partial charge is 0.338 e. The van der Waals surface area contributed by atoms with Crippen molar-refractivity contribution in [2.24, 2.45) is 11.4 Å². The molecule has 0 bridgehead atoms. The topological polar surface area (TPSA) is 84.6 Å². The lowest BCUT2D eigenvalue weighted by atomic mass is 10.1. The van der Waals surface area contributed by atoms with Crippen LogP contribution >= 0.6 is 11.8 Å². The van der Waals surface area contributed by atoms with Crippen molar-refractivity contribution in [2.75, 3.05) is 25.6 Å². The lowest BCUT2D eigenvalue weighted by molar-refractivity contribution is 0.0717. The van der Waals surface area contributed by atoms with Crippen LogP contribution in [0.25, 0.3) is 0 Å². The molecule has 156 valence electrons. The summed E-state index contributed by atoms with van der Waals surface area (Å²) in [7, 11) is -1.12. The molecule has 0 saturated carbocycles. The highest BCUT2D eigenvalue weighted by molar-refractivity contribution is 7.98. The van der Waals surface area contributed by atoms with Crippen LogP contribution in [0.2, 0.25) is 0 Å². The average Bonchev–Trinajstić information content (AvgIpc) is 3.13. The van der Waals surface area contributed by atoms with Gasteiger partial charge >= 0.3 is 5.91 Å². The second-order valence-corrected chi connectivity index (χ2v) is 10.4. The molecule has 1 fully saturated rings. The first kappa shape index (κ1) is 21.5. The maximum atomic E-state index is 14.3. The van der Waals surface area contributed by atoms with Crippen LogP contribution in [0.3, 0.4) is 0 Å². The molecule has 1 aliphatic rings. The zero-order valence-electron chi connectivity index (χ0n) is 16.5. The van der Waals surface area contributed by atoms with Crippen molar-refractivity contribution in [2.45, 2.75) is 23.0 Å². The van der Waals surface area contributed by atoms with Gasteiger partial charge in [0.15, 0.2) is 0 Å². The molecule has 3 rings (SSSR count). The van der Waals surface area contributed by atoms with E-state index in [-0.39, 0.29) is 22.4 Å². The number of rotatable bonds is 4. The number of thioether (sulfide) groups is 1. The predicted octanol–water partition coefficient (Wildman–Crippen LogP) is 2.82. The molecule has 0 aliphatic carbocycles. The summed E-state index contributed by atoms with van der Waals surface area (Å²) in [5.74, 6) is -1.47. The van der Waals surface area contributed by atoms with E-state index in [1.54, 1.807) is 30.3 Å². The number of hydrogen-bond donors (Lipinski definition) is 0. The van der Waals surface area contributed by atoms with Crippen molar-refractivity contribution < 1.29 is 18.2 Å². The SMILES string of the molecule is CSc1cccc(F)c1C(=O)N1CCC(S(C)(=O)=NC(=O)c2cncn2C)CC1. The summed E-state index contributed by atoms with van der Waals surface area (Å²) in [6, 6.07) is 4.58. The molecule has 1 unspecified atom stereocenters. The number of carbonyl (C=O) groups is 2. The molecule has 0 radical (unpaired) electrons. The molecular formula is C19H23FN4O3S2. The van der Waals surface area contributed by atoms with Crippen LogP contribution in [0.5, 0.6) is 0 Å². The van der Waals surface area contributed by atoms with Crippen LogP contribution in [-0.2, 0) is 16.8 Å². The Labute approximate surface area is 173 Å². The van der Waals surface area contributed by atoms with Crippen molar-refractivity contribution in [3.8, 4) is 0 Å². The minimum absolute atomic E-state index is 0.0757. The number of likely N-dealkylation sites (tertiary alicyclic amines) is 1. The highest BCUT2D eigenvalue weighted by atomic mass is 32.2. The number of aryl methyl sites for hydroxylation is 1. The first-order valence-corrected chi connectivity index (χ1v) is 12.3. The van der Waals surface area contributed by atoms with E-state index < -0.39 is 21.5 Å². The number of benzene rings is 1. The molecule has 1 saturated heterocycles. The van der Waals surface area contributed by atoms with Gasteiger partial charge in [-0.25, -0.2) is 13.6 Å². The monoisotopic (exact) mass is 438 g/mol. The molecule has 29 heavy (non-hydrogen) atoms. The maximum Gasteiger partial charge on any atom is 0.303 e. The average molecular weight is 439 g/mol. The number of imidazole rings is 1. The Hall–Kier alpha value is -2.20. The molecule has 7 nitrogen and oxygen atoms in total. The summed E-state index contributed by atoms with van der Waals surface area (Å²) >= 11 is 1.32. The van der Waals surface area contributed by atoms with E-state index in [2.05, 4.69) is 9.35 Å². The van der Waals surface area contributed by atoms with Crippen molar-refractivity contribution in [3.63, 3.8) is 0 Å². The van der Waals surface area contributed by atoms with Crippen LogP contribution < -0.4 is 0 Å². The Kier molecular flexibility index (Phi) is 6.42. The summed E-state index contributed by atoms with van der Waals surface area (Å²) in [5.41, 5.74) is 0.350. The smallest absolute Gasteiger partial charge is 0.303 e. The summed E-state index contributed by atoms with van der Waals surface area (Å²) < 4.78 is 32.8. The molecule has 2 aromatic rings. The van der Waals surface area contributed by atoms with Gasteiger partial charge in [-0.3, -0.25) is 9.59 Å². The van der Waals surface area contributed by atoms with E-state index in [9.17, 15) is 18.2 Å². The predicted molar refractivity (Wildman–Crippen MR) is 111 cm³/mol. The summed E-state index contributed by atoms with van der Waals surface area (Å²) in [6.07, 6.45) is 7.02. The molecule has 10 heteroatoms. The van der Waals surface area contributed by atoms with Gasteiger partial charge in [-0.1, -0.05) is 6.07 Å². The van der Waals surface area contributed by atoms with Gasteiger partial charge in [0.2, 0.25) is 0 Å². The molecule has 1 aliphatic heterocycles. The number of nitrogens with zero attached hydrogens (tertiary/aromatic N) is 4.